The van der Waals surface area contributed by atoms with Gasteiger partial charge in [-0.05, 0) is 58.2 Å². The number of phenolic OH excluding ortho intramolecular Hbond substituents is 2. The Balaban J connectivity index is 2.39. The summed E-state index contributed by atoms with van der Waals surface area (Å²) in [4.78, 5) is 12.1. The smallest absolute Gasteiger partial charge is 0.251 e. The molecule has 0 aliphatic carbocycles. The zero-order chi connectivity index (χ0) is 20.5. The minimum Gasteiger partial charge on any atom is -0.504 e. The standard InChI is InChI=1S/C20H34N2O5/c1-5-20(4,27-13-10-21)9-12-26-19(2,3)8-11-22-18(25)15-6-7-16(23)17(24)14-15/h6-7,14,23-24H,5,8-13,21H2,1-4H3,(H,22,25). The molecule has 7 heteroatoms. The molecule has 154 valence electrons. The van der Waals surface area contributed by atoms with E-state index in [0.717, 1.165) is 12.8 Å². The van der Waals surface area contributed by atoms with Crippen LogP contribution in [0.25, 0.3) is 0 Å². The zero-order valence-corrected chi connectivity index (χ0v) is 16.9. The van der Waals surface area contributed by atoms with Crippen LogP contribution < -0.4 is 11.1 Å². The summed E-state index contributed by atoms with van der Waals surface area (Å²) in [5.74, 6) is -0.882. The number of phenols is 2. The van der Waals surface area contributed by atoms with Crippen molar-refractivity contribution in [3.63, 3.8) is 0 Å². The molecule has 0 bridgehead atoms. The summed E-state index contributed by atoms with van der Waals surface area (Å²) in [6, 6.07) is 3.98. The molecular weight excluding hydrogens is 348 g/mol. The van der Waals surface area contributed by atoms with Crippen LogP contribution in [0.5, 0.6) is 11.5 Å². The van der Waals surface area contributed by atoms with Crippen LogP contribution in [0.2, 0.25) is 0 Å². The quantitative estimate of drug-likeness (QED) is 0.413. The predicted octanol–water partition coefficient (Wildman–Crippen LogP) is 2.55. The monoisotopic (exact) mass is 382 g/mol. The summed E-state index contributed by atoms with van der Waals surface area (Å²) < 4.78 is 11.8. The van der Waals surface area contributed by atoms with Crippen molar-refractivity contribution in [2.24, 2.45) is 5.73 Å². The number of rotatable bonds is 12. The third kappa shape index (κ3) is 8.15. The summed E-state index contributed by atoms with van der Waals surface area (Å²) in [5.41, 5.74) is 5.16. The van der Waals surface area contributed by atoms with Crippen LogP contribution in [-0.4, -0.2) is 53.6 Å². The SMILES string of the molecule is CCC(C)(CCOC(C)(C)CCNC(=O)c1ccc(O)c(O)c1)OCCN. The van der Waals surface area contributed by atoms with Gasteiger partial charge in [0.15, 0.2) is 11.5 Å². The summed E-state index contributed by atoms with van der Waals surface area (Å²) in [6.07, 6.45) is 2.29. The third-order valence-corrected chi connectivity index (χ3v) is 4.69. The van der Waals surface area contributed by atoms with Crippen molar-refractivity contribution in [1.82, 2.24) is 5.32 Å². The van der Waals surface area contributed by atoms with Crippen molar-refractivity contribution in [1.29, 1.82) is 0 Å². The van der Waals surface area contributed by atoms with E-state index in [-0.39, 0.29) is 23.0 Å². The Labute approximate surface area is 161 Å². The first-order valence-corrected chi connectivity index (χ1v) is 9.40. The highest BCUT2D eigenvalue weighted by Gasteiger charge is 2.25. The van der Waals surface area contributed by atoms with E-state index in [1.165, 1.54) is 18.2 Å². The summed E-state index contributed by atoms with van der Waals surface area (Å²) in [5, 5.41) is 21.6. The number of benzene rings is 1. The van der Waals surface area contributed by atoms with E-state index in [1.54, 1.807) is 0 Å². The van der Waals surface area contributed by atoms with Crippen LogP contribution in [0.15, 0.2) is 18.2 Å². The molecule has 0 saturated heterocycles. The maximum absolute atomic E-state index is 12.1. The molecule has 5 N–H and O–H groups in total. The molecule has 0 aromatic heterocycles. The van der Waals surface area contributed by atoms with Crippen LogP contribution in [0, 0.1) is 0 Å². The third-order valence-electron chi connectivity index (χ3n) is 4.69. The van der Waals surface area contributed by atoms with Gasteiger partial charge in [0.05, 0.1) is 24.4 Å². The van der Waals surface area contributed by atoms with E-state index in [1.807, 2.05) is 13.8 Å². The average molecular weight is 383 g/mol. The van der Waals surface area contributed by atoms with Gasteiger partial charge in [-0.1, -0.05) is 6.92 Å². The van der Waals surface area contributed by atoms with Gasteiger partial charge in [-0.15, -0.1) is 0 Å². The number of aromatic hydroxyl groups is 2. The van der Waals surface area contributed by atoms with E-state index in [2.05, 4.69) is 19.2 Å². The van der Waals surface area contributed by atoms with Gasteiger partial charge in [-0.2, -0.15) is 0 Å². The molecule has 1 rings (SSSR count). The van der Waals surface area contributed by atoms with E-state index < -0.39 is 5.60 Å². The largest absolute Gasteiger partial charge is 0.504 e. The molecule has 1 aromatic carbocycles. The summed E-state index contributed by atoms with van der Waals surface area (Å²) in [7, 11) is 0. The highest BCUT2D eigenvalue weighted by molar-refractivity contribution is 5.94. The molecule has 0 saturated carbocycles. The van der Waals surface area contributed by atoms with Crippen molar-refractivity contribution >= 4 is 5.91 Å². The lowest BCUT2D eigenvalue weighted by molar-refractivity contribution is -0.0812. The highest BCUT2D eigenvalue weighted by atomic mass is 16.5. The number of nitrogens with one attached hydrogen (secondary N) is 1. The second-order valence-corrected chi connectivity index (χ2v) is 7.51. The fourth-order valence-electron chi connectivity index (χ4n) is 2.52. The van der Waals surface area contributed by atoms with Crippen LogP contribution in [0.4, 0.5) is 0 Å². The molecule has 1 amide bonds. The molecule has 0 heterocycles. The lowest BCUT2D eigenvalue weighted by Gasteiger charge is -2.31. The maximum Gasteiger partial charge on any atom is 0.251 e. The second kappa shape index (κ2) is 10.5. The molecule has 0 spiro atoms. The topological polar surface area (TPSA) is 114 Å². The number of ether oxygens (including phenoxy) is 2. The van der Waals surface area contributed by atoms with Gasteiger partial charge in [0.2, 0.25) is 0 Å². The lowest BCUT2D eigenvalue weighted by atomic mass is 9.99. The molecular formula is C20H34N2O5. The highest BCUT2D eigenvalue weighted by Crippen LogP contribution is 2.25. The van der Waals surface area contributed by atoms with Gasteiger partial charge < -0.3 is 30.7 Å². The minimum absolute atomic E-state index is 0.245. The number of hydrogen-bond acceptors (Lipinski definition) is 6. The van der Waals surface area contributed by atoms with Gasteiger partial charge in [-0.3, -0.25) is 4.79 Å². The van der Waals surface area contributed by atoms with Gasteiger partial charge >= 0.3 is 0 Å². The average Bonchev–Trinajstić information content (AvgIpc) is 2.61. The van der Waals surface area contributed by atoms with E-state index >= 15 is 0 Å². The molecule has 0 aliphatic rings. The Morgan fingerprint density at radius 2 is 1.81 bits per heavy atom. The van der Waals surface area contributed by atoms with Gasteiger partial charge in [0, 0.05) is 18.7 Å². The minimum atomic E-state index is -0.396. The molecule has 27 heavy (non-hydrogen) atoms. The van der Waals surface area contributed by atoms with E-state index in [4.69, 9.17) is 15.2 Å². The Hall–Kier alpha value is -1.83. The molecule has 0 aliphatic heterocycles. The molecule has 1 unspecified atom stereocenters. The molecule has 1 atom stereocenters. The Morgan fingerprint density at radius 1 is 1.11 bits per heavy atom. The summed E-state index contributed by atoms with van der Waals surface area (Å²) >= 11 is 0. The fourth-order valence-corrected chi connectivity index (χ4v) is 2.52. The number of nitrogens with two attached hydrogens (primary N) is 1. The number of carbonyl (C=O) groups is 1. The van der Waals surface area contributed by atoms with Gasteiger partial charge in [-0.25, -0.2) is 0 Å². The van der Waals surface area contributed by atoms with Crippen LogP contribution in [0.1, 0.15) is 57.3 Å². The zero-order valence-electron chi connectivity index (χ0n) is 16.9. The van der Waals surface area contributed by atoms with Gasteiger partial charge in [0.25, 0.3) is 5.91 Å². The van der Waals surface area contributed by atoms with Crippen LogP contribution >= 0.6 is 0 Å². The molecule has 1 aromatic rings. The van der Waals surface area contributed by atoms with Crippen molar-refractivity contribution in [3.05, 3.63) is 23.8 Å². The van der Waals surface area contributed by atoms with E-state index in [9.17, 15) is 15.0 Å². The van der Waals surface area contributed by atoms with Crippen molar-refractivity contribution in [2.75, 3.05) is 26.3 Å². The first-order chi connectivity index (χ1) is 12.6. The number of carbonyl (C=O) groups excluding carboxylic acids is 1. The number of amides is 1. The van der Waals surface area contributed by atoms with Crippen molar-refractivity contribution < 1.29 is 24.5 Å². The molecule has 0 fully saturated rings. The Bertz CT molecular complexity index is 606. The lowest BCUT2D eigenvalue weighted by Crippen LogP contribution is -2.36. The summed E-state index contributed by atoms with van der Waals surface area (Å²) in [6.45, 7) is 10.1. The maximum atomic E-state index is 12.1. The second-order valence-electron chi connectivity index (χ2n) is 7.51. The predicted molar refractivity (Wildman–Crippen MR) is 105 cm³/mol. The number of hydrogen-bond donors (Lipinski definition) is 4. The molecule has 0 radical (unpaired) electrons. The first-order valence-electron chi connectivity index (χ1n) is 9.40. The Morgan fingerprint density at radius 3 is 2.41 bits per heavy atom. The first kappa shape index (κ1) is 23.2. The van der Waals surface area contributed by atoms with Crippen molar-refractivity contribution in [2.45, 2.75) is 58.2 Å². The van der Waals surface area contributed by atoms with Crippen LogP contribution in [-0.2, 0) is 9.47 Å². The molecule has 7 nitrogen and oxygen atoms in total. The Kier molecular flexibility index (Phi) is 9.02. The normalized spacial score (nSPS) is 14.0. The van der Waals surface area contributed by atoms with Crippen molar-refractivity contribution in [3.8, 4) is 11.5 Å². The fraction of sp³-hybridized carbons (Fsp3) is 0.650. The van der Waals surface area contributed by atoms with E-state index in [0.29, 0.717) is 38.3 Å². The van der Waals surface area contributed by atoms with Gasteiger partial charge in [0.1, 0.15) is 0 Å². The van der Waals surface area contributed by atoms with Crippen LogP contribution in [0.3, 0.4) is 0 Å².